The molecule has 0 amide bonds. The average Bonchev–Trinajstić information content (AvgIpc) is 2.57. The van der Waals surface area contributed by atoms with Crippen LogP contribution >= 0.6 is 23.2 Å². The normalized spacial score (nSPS) is 22.8. The Morgan fingerprint density at radius 2 is 2.06 bits per heavy atom. The van der Waals surface area contributed by atoms with Crippen LogP contribution in [-0.2, 0) is 6.42 Å². The van der Waals surface area contributed by atoms with E-state index in [0.29, 0.717) is 27.8 Å². The van der Waals surface area contributed by atoms with Crippen molar-refractivity contribution in [1.82, 2.24) is 0 Å². The molecule has 92 valence electrons. The maximum absolute atomic E-state index is 12.3. The number of rotatable bonds is 2. The van der Waals surface area contributed by atoms with E-state index in [4.69, 9.17) is 27.9 Å². The molecule has 4 heteroatoms. The Bertz CT molecular complexity index is 497. The molecule has 0 N–H and O–H groups in total. The van der Waals surface area contributed by atoms with Crippen molar-refractivity contribution in [3.8, 4) is 5.75 Å². The highest BCUT2D eigenvalue weighted by molar-refractivity contribution is 6.45. The molecule has 0 aromatic heterocycles. The number of halogens is 2. The van der Waals surface area contributed by atoms with E-state index in [9.17, 15) is 4.79 Å². The lowest BCUT2D eigenvalue weighted by atomic mass is 9.83. The van der Waals surface area contributed by atoms with E-state index in [2.05, 4.69) is 0 Å². The van der Waals surface area contributed by atoms with Crippen LogP contribution < -0.4 is 4.74 Å². The summed E-state index contributed by atoms with van der Waals surface area (Å²) >= 11 is 12.2. The van der Waals surface area contributed by atoms with E-state index in [1.165, 1.54) is 0 Å². The Hall–Kier alpha value is -0.730. The van der Waals surface area contributed by atoms with Gasteiger partial charge in [-0.05, 0) is 24.5 Å². The highest BCUT2D eigenvalue weighted by Crippen LogP contribution is 2.47. The van der Waals surface area contributed by atoms with Gasteiger partial charge in [-0.2, -0.15) is 0 Å². The van der Waals surface area contributed by atoms with E-state index in [0.717, 1.165) is 12.0 Å². The third kappa shape index (κ3) is 1.74. The molecule has 0 saturated carbocycles. The number of Topliss-reactive ketones (excluding diaryl/α,β-unsaturated/α-hetero) is 1. The molecule has 1 aliphatic carbocycles. The lowest BCUT2D eigenvalue weighted by Crippen LogP contribution is -2.22. The summed E-state index contributed by atoms with van der Waals surface area (Å²) in [5.41, 5.74) is 1.15. The molecule has 0 bridgehead atoms. The molecule has 1 aliphatic rings. The molecule has 0 spiro atoms. The number of ketones is 1. The zero-order valence-electron chi connectivity index (χ0n) is 10.1. The first kappa shape index (κ1) is 12.7. The van der Waals surface area contributed by atoms with Gasteiger partial charge >= 0.3 is 0 Å². The van der Waals surface area contributed by atoms with Gasteiger partial charge in [-0.3, -0.25) is 4.79 Å². The second kappa shape index (κ2) is 4.18. The highest BCUT2D eigenvalue weighted by atomic mass is 35.5. The standard InChI is InChI=1S/C13H14Cl2O2/c1-4-13(2)6-7-5-8(17-3)10(14)11(15)9(7)12(13)16/h5H,4,6H2,1-3H3/t13-/m1/s1. The van der Waals surface area contributed by atoms with Crippen molar-refractivity contribution in [2.45, 2.75) is 26.7 Å². The summed E-state index contributed by atoms with van der Waals surface area (Å²) in [7, 11) is 1.54. The fourth-order valence-corrected chi connectivity index (χ4v) is 2.80. The van der Waals surface area contributed by atoms with Crippen LogP contribution in [0.2, 0.25) is 10.0 Å². The van der Waals surface area contributed by atoms with Gasteiger partial charge in [-0.1, -0.05) is 37.0 Å². The Morgan fingerprint density at radius 3 is 2.59 bits per heavy atom. The minimum absolute atomic E-state index is 0.0875. The molecule has 1 aromatic carbocycles. The molecule has 2 nitrogen and oxygen atoms in total. The molecule has 17 heavy (non-hydrogen) atoms. The van der Waals surface area contributed by atoms with Gasteiger partial charge in [0.05, 0.1) is 12.1 Å². The predicted molar refractivity (Wildman–Crippen MR) is 69.4 cm³/mol. The van der Waals surface area contributed by atoms with Crippen LogP contribution in [0.5, 0.6) is 5.75 Å². The van der Waals surface area contributed by atoms with Crippen molar-refractivity contribution in [3.63, 3.8) is 0 Å². The Kier molecular flexibility index (Phi) is 3.13. The molecule has 0 heterocycles. The van der Waals surface area contributed by atoms with Gasteiger partial charge in [0.15, 0.2) is 5.78 Å². The van der Waals surface area contributed by atoms with E-state index in [-0.39, 0.29) is 11.2 Å². The molecule has 1 atom stereocenters. The van der Waals surface area contributed by atoms with Crippen molar-refractivity contribution in [3.05, 3.63) is 27.2 Å². The summed E-state index contributed by atoms with van der Waals surface area (Å²) in [6.07, 6.45) is 1.49. The largest absolute Gasteiger partial charge is 0.495 e. The third-order valence-corrected chi connectivity index (χ3v) is 4.46. The Balaban J connectivity index is 2.64. The number of ether oxygens (including phenoxy) is 1. The van der Waals surface area contributed by atoms with Gasteiger partial charge < -0.3 is 4.74 Å². The first-order valence-electron chi connectivity index (χ1n) is 5.54. The number of hydrogen-bond donors (Lipinski definition) is 0. The first-order valence-corrected chi connectivity index (χ1v) is 6.30. The molecule has 0 unspecified atom stereocenters. The van der Waals surface area contributed by atoms with Crippen molar-refractivity contribution >= 4 is 29.0 Å². The van der Waals surface area contributed by atoms with Gasteiger partial charge in [0, 0.05) is 11.0 Å². The molecule has 0 fully saturated rings. The minimum atomic E-state index is -0.359. The zero-order valence-corrected chi connectivity index (χ0v) is 11.6. The fraction of sp³-hybridized carbons (Fsp3) is 0.462. The van der Waals surface area contributed by atoms with E-state index in [1.54, 1.807) is 7.11 Å². The molecule has 1 aromatic rings. The summed E-state index contributed by atoms with van der Waals surface area (Å²) in [6, 6.07) is 1.82. The van der Waals surface area contributed by atoms with Crippen LogP contribution in [0.4, 0.5) is 0 Å². The van der Waals surface area contributed by atoms with Crippen LogP contribution in [0.25, 0.3) is 0 Å². The molecular formula is C13H14Cl2O2. The summed E-state index contributed by atoms with van der Waals surface area (Å²) < 4.78 is 5.16. The third-order valence-electron chi connectivity index (χ3n) is 3.61. The molecule has 0 saturated heterocycles. The number of methoxy groups -OCH3 is 1. The van der Waals surface area contributed by atoms with Crippen molar-refractivity contribution in [2.24, 2.45) is 5.41 Å². The second-order valence-corrected chi connectivity index (χ2v) is 5.42. The van der Waals surface area contributed by atoms with Gasteiger partial charge in [0.1, 0.15) is 10.8 Å². The SMILES string of the molecule is CC[C@]1(C)Cc2cc(OC)c(Cl)c(Cl)c2C1=O. The van der Waals surface area contributed by atoms with E-state index < -0.39 is 0 Å². The highest BCUT2D eigenvalue weighted by Gasteiger charge is 2.42. The van der Waals surface area contributed by atoms with Crippen molar-refractivity contribution in [2.75, 3.05) is 7.11 Å². The van der Waals surface area contributed by atoms with Crippen LogP contribution in [0.3, 0.4) is 0 Å². The second-order valence-electron chi connectivity index (χ2n) is 4.66. The lowest BCUT2D eigenvalue weighted by Gasteiger charge is -2.18. The maximum Gasteiger partial charge on any atom is 0.170 e. The lowest BCUT2D eigenvalue weighted by molar-refractivity contribution is 0.0837. The quantitative estimate of drug-likeness (QED) is 0.808. The Morgan fingerprint density at radius 1 is 1.41 bits per heavy atom. The number of carbonyl (C=O) groups is 1. The van der Waals surface area contributed by atoms with E-state index >= 15 is 0 Å². The topological polar surface area (TPSA) is 26.3 Å². The number of carbonyl (C=O) groups excluding carboxylic acids is 1. The summed E-state index contributed by atoms with van der Waals surface area (Å²) in [6.45, 7) is 3.97. The number of hydrogen-bond acceptors (Lipinski definition) is 2. The number of benzene rings is 1. The van der Waals surface area contributed by atoms with Gasteiger partial charge in [-0.15, -0.1) is 0 Å². The van der Waals surface area contributed by atoms with E-state index in [1.807, 2.05) is 19.9 Å². The zero-order chi connectivity index (χ0) is 12.8. The van der Waals surface area contributed by atoms with Crippen LogP contribution in [-0.4, -0.2) is 12.9 Å². The molecule has 0 radical (unpaired) electrons. The van der Waals surface area contributed by atoms with Crippen molar-refractivity contribution < 1.29 is 9.53 Å². The molecular weight excluding hydrogens is 259 g/mol. The molecule has 2 rings (SSSR count). The summed E-state index contributed by atoms with van der Waals surface area (Å²) in [5, 5.41) is 0.643. The van der Waals surface area contributed by atoms with Crippen LogP contribution in [0.15, 0.2) is 6.07 Å². The summed E-state index contributed by atoms with van der Waals surface area (Å²) in [4.78, 5) is 12.3. The van der Waals surface area contributed by atoms with Crippen LogP contribution in [0, 0.1) is 5.41 Å². The fourth-order valence-electron chi connectivity index (χ4n) is 2.27. The van der Waals surface area contributed by atoms with Crippen LogP contribution in [0.1, 0.15) is 36.2 Å². The minimum Gasteiger partial charge on any atom is -0.495 e. The smallest absolute Gasteiger partial charge is 0.170 e. The van der Waals surface area contributed by atoms with Gasteiger partial charge in [0.2, 0.25) is 0 Å². The molecule has 0 aliphatic heterocycles. The Labute approximate surface area is 111 Å². The summed E-state index contributed by atoms with van der Waals surface area (Å²) in [5.74, 6) is 0.619. The monoisotopic (exact) mass is 272 g/mol. The number of fused-ring (bicyclic) bond motifs is 1. The van der Waals surface area contributed by atoms with Crippen molar-refractivity contribution in [1.29, 1.82) is 0 Å². The van der Waals surface area contributed by atoms with Gasteiger partial charge in [0.25, 0.3) is 0 Å². The first-order chi connectivity index (χ1) is 7.94. The van der Waals surface area contributed by atoms with Gasteiger partial charge in [-0.25, -0.2) is 0 Å². The predicted octanol–water partition coefficient (Wildman–Crippen LogP) is 4.16. The average molecular weight is 273 g/mol. The maximum atomic E-state index is 12.3.